The normalized spacial score (nSPS) is 11.4. The van der Waals surface area contributed by atoms with Crippen LogP contribution in [0.15, 0.2) is 217 Å². The Hall–Kier alpha value is -7.95. The number of benzene rings is 9. The second-order valence-corrected chi connectivity index (χ2v) is 14.8. The summed E-state index contributed by atoms with van der Waals surface area (Å²) < 4.78 is 6.14. The van der Waals surface area contributed by atoms with Crippen LogP contribution in [0.25, 0.3) is 111 Å². The van der Waals surface area contributed by atoms with E-state index in [1.807, 2.05) is 30.3 Å². The maximum atomic E-state index is 6.14. The zero-order valence-electron chi connectivity index (χ0n) is 32.0. The summed E-state index contributed by atoms with van der Waals surface area (Å²) in [6.07, 6.45) is 0. The first-order valence-corrected chi connectivity index (χ1v) is 19.8. The minimum absolute atomic E-state index is 0.617. The number of nitrogens with zero attached hydrogens (tertiary/aromatic N) is 3. The van der Waals surface area contributed by atoms with Gasteiger partial charge in [-0.1, -0.05) is 188 Å². The molecule has 0 aliphatic rings. The predicted molar refractivity (Wildman–Crippen MR) is 243 cm³/mol. The van der Waals surface area contributed by atoms with Crippen molar-refractivity contribution >= 4 is 32.7 Å². The van der Waals surface area contributed by atoms with Crippen molar-refractivity contribution in [1.29, 1.82) is 0 Å². The molecule has 2 heterocycles. The van der Waals surface area contributed by atoms with Gasteiger partial charge in [-0.2, -0.15) is 0 Å². The molecule has 59 heavy (non-hydrogen) atoms. The zero-order valence-corrected chi connectivity index (χ0v) is 32.0. The van der Waals surface area contributed by atoms with Crippen molar-refractivity contribution in [1.82, 2.24) is 15.0 Å². The predicted octanol–water partition coefficient (Wildman–Crippen LogP) is 14.6. The Morgan fingerprint density at radius 2 is 0.729 bits per heavy atom. The van der Waals surface area contributed by atoms with Gasteiger partial charge in [0, 0.05) is 27.5 Å². The maximum Gasteiger partial charge on any atom is 0.164 e. The molecule has 4 nitrogen and oxygen atoms in total. The highest BCUT2D eigenvalue weighted by atomic mass is 16.3. The Kier molecular flexibility index (Phi) is 8.45. The fraction of sp³-hybridized carbons (Fsp3) is 0. The van der Waals surface area contributed by atoms with Gasteiger partial charge in [0.2, 0.25) is 0 Å². The number of hydrogen-bond acceptors (Lipinski definition) is 4. The molecule has 0 atom stereocenters. The molecule has 9 aromatic carbocycles. The Bertz CT molecular complexity index is 3320. The van der Waals surface area contributed by atoms with E-state index in [0.717, 1.165) is 77.6 Å². The highest BCUT2D eigenvalue weighted by Gasteiger charge is 2.17. The second kappa shape index (κ2) is 14.5. The molecule has 0 unspecified atom stereocenters. The summed E-state index contributed by atoms with van der Waals surface area (Å²) in [7, 11) is 0. The maximum absolute atomic E-state index is 6.14. The molecule has 0 fully saturated rings. The van der Waals surface area contributed by atoms with E-state index >= 15 is 0 Å². The van der Waals surface area contributed by atoms with Crippen molar-refractivity contribution in [3.63, 3.8) is 0 Å². The summed E-state index contributed by atoms with van der Waals surface area (Å²) in [6, 6.07) is 74.1. The minimum atomic E-state index is 0.617. The topological polar surface area (TPSA) is 51.8 Å². The van der Waals surface area contributed by atoms with Gasteiger partial charge in [0.1, 0.15) is 11.2 Å². The molecule has 0 spiro atoms. The molecular formula is C55H35N3O. The van der Waals surface area contributed by atoms with Gasteiger partial charge in [0.15, 0.2) is 17.5 Å². The minimum Gasteiger partial charge on any atom is -0.456 e. The lowest BCUT2D eigenvalue weighted by Gasteiger charge is -2.14. The van der Waals surface area contributed by atoms with E-state index < -0.39 is 0 Å². The lowest BCUT2D eigenvalue weighted by molar-refractivity contribution is 0.669. The van der Waals surface area contributed by atoms with Gasteiger partial charge in [-0.05, 0) is 79.5 Å². The van der Waals surface area contributed by atoms with Gasteiger partial charge in [-0.3, -0.25) is 0 Å². The molecule has 0 amide bonds. The molecule has 276 valence electrons. The fourth-order valence-electron chi connectivity index (χ4n) is 8.27. The molecule has 0 bridgehead atoms. The van der Waals surface area contributed by atoms with Crippen LogP contribution in [0.4, 0.5) is 0 Å². The lowest BCUT2D eigenvalue weighted by atomic mass is 9.91. The first kappa shape index (κ1) is 34.3. The number of furan rings is 1. The fourth-order valence-corrected chi connectivity index (χ4v) is 8.27. The Balaban J connectivity index is 1.01. The van der Waals surface area contributed by atoms with Gasteiger partial charge in [0.25, 0.3) is 0 Å². The third-order valence-corrected chi connectivity index (χ3v) is 11.2. The Morgan fingerprint density at radius 1 is 0.237 bits per heavy atom. The molecule has 0 radical (unpaired) electrons. The molecule has 11 rings (SSSR count). The Labute approximate surface area is 341 Å². The molecule has 0 aliphatic heterocycles. The van der Waals surface area contributed by atoms with Gasteiger partial charge >= 0.3 is 0 Å². The monoisotopic (exact) mass is 753 g/mol. The molecular weight excluding hydrogens is 719 g/mol. The molecule has 0 aliphatic carbocycles. The summed E-state index contributed by atoms with van der Waals surface area (Å²) in [4.78, 5) is 15.5. The number of rotatable bonds is 7. The van der Waals surface area contributed by atoms with E-state index in [9.17, 15) is 0 Å². The quantitative estimate of drug-likeness (QED) is 0.163. The molecule has 11 aromatic rings. The lowest BCUT2D eigenvalue weighted by Crippen LogP contribution is -2.01. The molecule has 4 heteroatoms. The zero-order chi connectivity index (χ0) is 39.1. The van der Waals surface area contributed by atoms with Crippen LogP contribution < -0.4 is 0 Å². The standard InChI is InChI=1S/C55H35N3O/c1-3-14-36(15-4-1)40-18-13-19-42(34-40)54-56-53(57-55(58-54)49-24-10-7-20-43(49)37-16-5-2-6-17-37)39-28-26-38(27-29-39)44-31-32-45(47-22-9-8-21-46(44)47)41-30-33-52-50(35-41)48-23-11-12-25-51(48)59-52/h1-35H. The number of para-hydroxylation sites is 1. The van der Waals surface area contributed by atoms with Crippen LogP contribution in [-0.2, 0) is 0 Å². The molecule has 2 aromatic heterocycles. The van der Waals surface area contributed by atoms with E-state index in [1.54, 1.807) is 0 Å². The van der Waals surface area contributed by atoms with Crippen LogP contribution in [0.5, 0.6) is 0 Å². The van der Waals surface area contributed by atoms with E-state index in [2.05, 4.69) is 182 Å². The summed E-state index contributed by atoms with van der Waals surface area (Å²) in [5, 5.41) is 4.64. The van der Waals surface area contributed by atoms with E-state index in [4.69, 9.17) is 19.4 Å². The van der Waals surface area contributed by atoms with Gasteiger partial charge < -0.3 is 4.42 Å². The largest absolute Gasteiger partial charge is 0.456 e. The van der Waals surface area contributed by atoms with Crippen LogP contribution in [-0.4, -0.2) is 15.0 Å². The van der Waals surface area contributed by atoms with Crippen molar-refractivity contribution in [3.8, 4) is 78.7 Å². The van der Waals surface area contributed by atoms with Crippen molar-refractivity contribution in [2.24, 2.45) is 0 Å². The average molecular weight is 754 g/mol. The summed E-state index contributed by atoms with van der Waals surface area (Å²) >= 11 is 0. The summed E-state index contributed by atoms with van der Waals surface area (Å²) in [5.74, 6) is 1.87. The highest BCUT2D eigenvalue weighted by Crippen LogP contribution is 2.39. The number of fused-ring (bicyclic) bond motifs is 4. The highest BCUT2D eigenvalue weighted by molar-refractivity contribution is 6.09. The van der Waals surface area contributed by atoms with E-state index in [-0.39, 0.29) is 0 Å². The van der Waals surface area contributed by atoms with Crippen molar-refractivity contribution in [3.05, 3.63) is 212 Å². The van der Waals surface area contributed by atoms with Crippen LogP contribution >= 0.6 is 0 Å². The third-order valence-electron chi connectivity index (χ3n) is 11.2. The van der Waals surface area contributed by atoms with Gasteiger partial charge in [-0.15, -0.1) is 0 Å². The first-order chi connectivity index (χ1) is 29.2. The van der Waals surface area contributed by atoms with Crippen molar-refractivity contribution in [2.45, 2.75) is 0 Å². The molecule has 0 saturated heterocycles. The SMILES string of the molecule is c1ccc(-c2cccc(-c3nc(-c4ccc(-c5ccc(-c6ccc7oc8ccccc8c7c6)c6ccccc56)cc4)nc(-c4ccccc4-c4ccccc4)n3)c2)cc1. The smallest absolute Gasteiger partial charge is 0.164 e. The average Bonchev–Trinajstić information content (AvgIpc) is 3.70. The summed E-state index contributed by atoms with van der Waals surface area (Å²) in [5.41, 5.74) is 13.6. The van der Waals surface area contributed by atoms with Gasteiger partial charge in [-0.25, -0.2) is 15.0 Å². The molecule has 0 saturated carbocycles. The molecule has 0 N–H and O–H groups in total. The van der Waals surface area contributed by atoms with Crippen LogP contribution in [0.2, 0.25) is 0 Å². The van der Waals surface area contributed by atoms with Crippen molar-refractivity contribution in [2.75, 3.05) is 0 Å². The number of hydrogen-bond donors (Lipinski definition) is 0. The Morgan fingerprint density at radius 3 is 1.47 bits per heavy atom. The summed E-state index contributed by atoms with van der Waals surface area (Å²) in [6.45, 7) is 0. The van der Waals surface area contributed by atoms with Gasteiger partial charge in [0.05, 0.1) is 0 Å². The first-order valence-electron chi connectivity index (χ1n) is 19.8. The van der Waals surface area contributed by atoms with Crippen molar-refractivity contribution < 1.29 is 4.42 Å². The second-order valence-electron chi connectivity index (χ2n) is 14.8. The van der Waals surface area contributed by atoms with Crippen LogP contribution in [0, 0.1) is 0 Å². The number of aromatic nitrogens is 3. The van der Waals surface area contributed by atoms with Crippen LogP contribution in [0.3, 0.4) is 0 Å². The van der Waals surface area contributed by atoms with Crippen LogP contribution in [0.1, 0.15) is 0 Å². The van der Waals surface area contributed by atoms with E-state index in [0.29, 0.717) is 17.5 Å². The third kappa shape index (κ3) is 6.34. The van der Waals surface area contributed by atoms with E-state index in [1.165, 1.54) is 16.3 Å².